The molecule has 8 heteroatoms. The quantitative estimate of drug-likeness (QED) is 0.629. The van der Waals surface area contributed by atoms with Crippen molar-refractivity contribution in [3.63, 3.8) is 0 Å². The number of anilines is 1. The summed E-state index contributed by atoms with van der Waals surface area (Å²) in [5.41, 5.74) is 0.438. The van der Waals surface area contributed by atoms with E-state index in [9.17, 15) is 19.1 Å². The highest BCUT2D eigenvalue weighted by atomic mass is 19.1. The van der Waals surface area contributed by atoms with E-state index in [-0.39, 0.29) is 13.0 Å². The van der Waals surface area contributed by atoms with Gasteiger partial charge >= 0.3 is 5.97 Å². The molecule has 138 valence electrons. The Labute approximate surface area is 146 Å². The molecule has 3 N–H and O–H groups in total. The molecule has 1 saturated heterocycles. The number of aliphatic hydroxyl groups excluding tert-OH is 1. The number of hydrogen-bond donors (Lipinski definition) is 3. The second-order valence-electron chi connectivity index (χ2n) is 6.16. The monoisotopic (exact) mass is 353 g/mol. The highest BCUT2D eigenvalue weighted by Gasteiger charge is 2.26. The number of benzene rings is 1. The number of carboxylic acids is 1. The van der Waals surface area contributed by atoms with E-state index in [1.165, 1.54) is 24.3 Å². The smallest absolute Gasteiger partial charge is 0.308 e. The van der Waals surface area contributed by atoms with Crippen molar-refractivity contribution < 1.29 is 24.2 Å². The summed E-state index contributed by atoms with van der Waals surface area (Å²) in [7, 11) is 0. The summed E-state index contributed by atoms with van der Waals surface area (Å²) in [6, 6.07) is 5.33. The van der Waals surface area contributed by atoms with Crippen molar-refractivity contribution in [1.29, 1.82) is 0 Å². The van der Waals surface area contributed by atoms with Crippen molar-refractivity contribution in [3.05, 3.63) is 30.1 Å². The fourth-order valence-corrected chi connectivity index (χ4v) is 2.85. The molecule has 0 radical (unpaired) electrons. The lowest BCUT2D eigenvalue weighted by Gasteiger charge is -2.35. The second kappa shape index (κ2) is 9.45. The number of carbonyl (C=O) groups is 2. The van der Waals surface area contributed by atoms with Gasteiger partial charge in [-0.3, -0.25) is 19.4 Å². The number of aliphatic hydroxyl groups is 1. The first-order valence-corrected chi connectivity index (χ1v) is 8.31. The van der Waals surface area contributed by atoms with Crippen molar-refractivity contribution in [1.82, 2.24) is 9.80 Å². The lowest BCUT2D eigenvalue weighted by molar-refractivity contribution is -0.144. The number of piperazine rings is 1. The van der Waals surface area contributed by atoms with Crippen LogP contribution in [0.2, 0.25) is 0 Å². The summed E-state index contributed by atoms with van der Waals surface area (Å²) in [6.07, 6.45) is -0.135. The molecule has 0 bridgehead atoms. The Bertz CT molecular complexity index is 574. The first-order valence-electron chi connectivity index (χ1n) is 8.31. The number of nitrogens with zero attached hydrogens (tertiary/aromatic N) is 2. The molecule has 0 saturated carbocycles. The minimum atomic E-state index is -1.01. The molecule has 1 fully saturated rings. The molecule has 1 aromatic carbocycles. The van der Waals surface area contributed by atoms with Crippen molar-refractivity contribution in [2.75, 3.05) is 51.2 Å². The average molecular weight is 353 g/mol. The minimum Gasteiger partial charge on any atom is -0.481 e. The van der Waals surface area contributed by atoms with Crippen LogP contribution in [0.5, 0.6) is 0 Å². The number of rotatable bonds is 8. The number of carboxylic acid groups (broad SMARTS) is 1. The number of hydrogen-bond acceptors (Lipinski definition) is 5. The highest BCUT2D eigenvalue weighted by Crippen LogP contribution is 2.13. The number of β-amino-alcohol motifs (C(OH)–C–C–N with tert-alkyl or cyclic N) is 1. The third-order valence-corrected chi connectivity index (χ3v) is 4.27. The molecule has 0 aromatic heterocycles. The lowest BCUT2D eigenvalue weighted by atomic mass is 10.0. The summed E-state index contributed by atoms with van der Waals surface area (Å²) in [4.78, 5) is 27.7. The van der Waals surface area contributed by atoms with E-state index in [0.29, 0.717) is 31.9 Å². The first-order chi connectivity index (χ1) is 12.0. The first kappa shape index (κ1) is 19.3. The Morgan fingerprint density at radius 3 is 2.28 bits per heavy atom. The Morgan fingerprint density at radius 1 is 1.12 bits per heavy atom. The van der Waals surface area contributed by atoms with Gasteiger partial charge < -0.3 is 15.5 Å². The van der Waals surface area contributed by atoms with Crippen LogP contribution in [0.15, 0.2) is 24.3 Å². The van der Waals surface area contributed by atoms with Crippen LogP contribution >= 0.6 is 0 Å². The zero-order valence-electron chi connectivity index (χ0n) is 14.0. The zero-order chi connectivity index (χ0) is 18.2. The lowest BCUT2D eigenvalue weighted by Crippen LogP contribution is -2.49. The van der Waals surface area contributed by atoms with Crippen LogP contribution in [0.3, 0.4) is 0 Å². The maximum atomic E-state index is 12.9. The molecule has 1 unspecified atom stereocenters. The third-order valence-electron chi connectivity index (χ3n) is 4.27. The van der Waals surface area contributed by atoms with Crippen LogP contribution in [-0.2, 0) is 9.59 Å². The van der Waals surface area contributed by atoms with Crippen LogP contribution in [0.25, 0.3) is 0 Å². The second-order valence-corrected chi connectivity index (χ2v) is 6.16. The van der Waals surface area contributed by atoms with Crippen LogP contribution in [0.4, 0.5) is 10.1 Å². The SMILES string of the molecule is O=C(CC(CN1CCN(CCO)CC1)C(=O)O)Nc1ccc(F)cc1. The van der Waals surface area contributed by atoms with Gasteiger partial charge in [0.05, 0.1) is 12.5 Å². The highest BCUT2D eigenvalue weighted by molar-refractivity contribution is 5.93. The molecule has 0 aliphatic carbocycles. The van der Waals surface area contributed by atoms with Crippen molar-refractivity contribution in [2.24, 2.45) is 5.92 Å². The normalized spacial score (nSPS) is 17.2. The third kappa shape index (κ3) is 6.41. The summed E-state index contributed by atoms with van der Waals surface area (Å²) in [5.74, 6) is -2.61. The van der Waals surface area contributed by atoms with Crippen LogP contribution in [0.1, 0.15) is 6.42 Å². The van der Waals surface area contributed by atoms with Crippen LogP contribution < -0.4 is 5.32 Å². The predicted octanol–water partition coefficient (Wildman–Crippen LogP) is 0.465. The largest absolute Gasteiger partial charge is 0.481 e. The zero-order valence-corrected chi connectivity index (χ0v) is 14.0. The van der Waals surface area contributed by atoms with E-state index in [1.807, 2.05) is 4.90 Å². The Balaban J connectivity index is 1.83. The van der Waals surface area contributed by atoms with Crippen molar-refractivity contribution >= 4 is 17.6 Å². The van der Waals surface area contributed by atoms with E-state index in [1.54, 1.807) is 0 Å². The maximum Gasteiger partial charge on any atom is 0.308 e. The molecule has 0 spiro atoms. The number of carbonyl (C=O) groups excluding carboxylic acids is 1. The van der Waals surface area contributed by atoms with Gasteiger partial charge in [-0.25, -0.2) is 4.39 Å². The summed E-state index contributed by atoms with van der Waals surface area (Å²) >= 11 is 0. The van der Waals surface area contributed by atoms with Gasteiger partial charge in [0.1, 0.15) is 5.82 Å². The van der Waals surface area contributed by atoms with Gasteiger partial charge in [0.25, 0.3) is 0 Å². The van der Waals surface area contributed by atoms with E-state index >= 15 is 0 Å². The molecular weight excluding hydrogens is 329 g/mol. The molecule has 1 heterocycles. The number of aliphatic carboxylic acids is 1. The fourth-order valence-electron chi connectivity index (χ4n) is 2.85. The summed E-state index contributed by atoms with van der Waals surface area (Å²) in [6.45, 7) is 4.01. The van der Waals surface area contributed by atoms with Gasteiger partial charge in [-0.15, -0.1) is 0 Å². The number of nitrogens with one attached hydrogen (secondary N) is 1. The molecule has 7 nitrogen and oxygen atoms in total. The average Bonchev–Trinajstić information content (AvgIpc) is 2.58. The number of halogens is 1. The van der Waals surface area contributed by atoms with Gasteiger partial charge in [-0.2, -0.15) is 0 Å². The van der Waals surface area contributed by atoms with E-state index in [2.05, 4.69) is 10.2 Å². The fraction of sp³-hybridized carbons (Fsp3) is 0.529. The van der Waals surface area contributed by atoms with Gasteiger partial charge in [0, 0.05) is 51.4 Å². The number of amides is 1. The maximum absolute atomic E-state index is 12.9. The Morgan fingerprint density at radius 2 is 1.72 bits per heavy atom. The van der Waals surface area contributed by atoms with Crippen molar-refractivity contribution in [2.45, 2.75) is 6.42 Å². The standard InChI is InChI=1S/C17H24FN3O4/c18-14-1-3-15(4-2-14)19-16(23)11-13(17(24)25)12-21-7-5-20(6-8-21)9-10-22/h1-4,13,22H,5-12H2,(H,19,23)(H,24,25). The van der Waals surface area contributed by atoms with Gasteiger partial charge in [-0.05, 0) is 24.3 Å². The minimum absolute atomic E-state index is 0.112. The van der Waals surface area contributed by atoms with E-state index in [4.69, 9.17) is 5.11 Å². The van der Waals surface area contributed by atoms with Gasteiger partial charge in [-0.1, -0.05) is 0 Å². The summed E-state index contributed by atoms with van der Waals surface area (Å²) in [5, 5.41) is 20.9. The van der Waals surface area contributed by atoms with E-state index < -0.39 is 23.6 Å². The molecule has 1 aromatic rings. The molecule has 1 aliphatic heterocycles. The molecule has 1 aliphatic rings. The molecule has 25 heavy (non-hydrogen) atoms. The molecule has 1 atom stereocenters. The Kier molecular flexibility index (Phi) is 7.30. The molecule has 1 amide bonds. The molecular formula is C17H24FN3O4. The van der Waals surface area contributed by atoms with Gasteiger partial charge in [0.15, 0.2) is 0 Å². The topological polar surface area (TPSA) is 93.1 Å². The summed E-state index contributed by atoms with van der Waals surface area (Å²) < 4.78 is 12.9. The van der Waals surface area contributed by atoms with Crippen molar-refractivity contribution in [3.8, 4) is 0 Å². The molecule has 2 rings (SSSR count). The Hall–Kier alpha value is -2.03. The van der Waals surface area contributed by atoms with E-state index in [0.717, 1.165) is 13.1 Å². The predicted molar refractivity (Wildman–Crippen MR) is 90.7 cm³/mol. The van der Waals surface area contributed by atoms with Crippen LogP contribution in [0, 0.1) is 11.7 Å². The van der Waals surface area contributed by atoms with Gasteiger partial charge in [0.2, 0.25) is 5.91 Å². The van der Waals surface area contributed by atoms with Crippen LogP contribution in [-0.4, -0.2) is 77.8 Å².